The summed E-state index contributed by atoms with van der Waals surface area (Å²) in [5.41, 5.74) is 8.86. The van der Waals surface area contributed by atoms with Crippen LogP contribution in [0, 0.1) is 5.92 Å². The summed E-state index contributed by atoms with van der Waals surface area (Å²) in [7, 11) is 0. The summed E-state index contributed by atoms with van der Waals surface area (Å²) >= 11 is 0. The fourth-order valence-electron chi connectivity index (χ4n) is 3.09. The van der Waals surface area contributed by atoms with Crippen LogP contribution in [-0.4, -0.2) is 24.4 Å². The summed E-state index contributed by atoms with van der Waals surface area (Å²) in [5.74, 6) is 1.02. The highest BCUT2D eigenvalue weighted by Crippen LogP contribution is 2.34. The van der Waals surface area contributed by atoms with Crippen molar-refractivity contribution >= 4 is 0 Å². The lowest BCUT2D eigenvalue weighted by Crippen LogP contribution is -2.29. The highest BCUT2D eigenvalue weighted by atomic mass is 16.5. The number of aliphatic hydroxyl groups excluding tert-OH is 1. The van der Waals surface area contributed by atoms with Gasteiger partial charge >= 0.3 is 0 Å². The zero-order valence-electron chi connectivity index (χ0n) is 13.4. The van der Waals surface area contributed by atoms with E-state index in [-0.39, 0.29) is 24.6 Å². The predicted molar refractivity (Wildman–Crippen MR) is 91.1 cm³/mol. The average molecular weight is 312 g/mol. The quantitative estimate of drug-likeness (QED) is 0.767. The molecule has 3 unspecified atom stereocenters. The molecule has 1 fully saturated rings. The van der Waals surface area contributed by atoms with Gasteiger partial charge in [-0.15, -0.1) is 0 Å². The predicted octanol–water partition coefficient (Wildman–Crippen LogP) is 2.45. The molecule has 0 saturated carbocycles. The second-order valence-corrected chi connectivity index (χ2v) is 6.02. The van der Waals surface area contributed by atoms with Gasteiger partial charge in [0.25, 0.3) is 0 Å². The Kier molecular flexibility index (Phi) is 5.28. The number of ether oxygens (including phenoxy) is 1. The lowest BCUT2D eigenvalue weighted by molar-refractivity contribution is 0.202. The van der Waals surface area contributed by atoms with Gasteiger partial charge in [0, 0.05) is 30.6 Å². The first kappa shape index (κ1) is 16.0. The molecule has 0 amide bonds. The molecule has 0 aliphatic carbocycles. The van der Waals surface area contributed by atoms with Crippen molar-refractivity contribution < 1.29 is 9.84 Å². The van der Waals surface area contributed by atoms with Gasteiger partial charge in [-0.3, -0.25) is 5.43 Å². The highest BCUT2D eigenvalue weighted by Gasteiger charge is 2.34. The van der Waals surface area contributed by atoms with Gasteiger partial charge in [-0.2, -0.15) is 0 Å². The molecule has 23 heavy (non-hydrogen) atoms. The summed E-state index contributed by atoms with van der Waals surface area (Å²) in [6, 6.07) is 18.7. The molecule has 3 N–H and O–H groups in total. The molecule has 4 nitrogen and oxygen atoms in total. The molecule has 122 valence electrons. The molecular weight excluding hydrogens is 288 g/mol. The Labute approximate surface area is 137 Å². The van der Waals surface area contributed by atoms with Crippen LogP contribution in [0.5, 0.6) is 5.75 Å². The molecule has 4 heteroatoms. The van der Waals surface area contributed by atoms with E-state index in [4.69, 9.17) is 4.74 Å². The van der Waals surface area contributed by atoms with Gasteiger partial charge in [0.15, 0.2) is 0 Å². The Bertz CT molecular complexity index is 618. The monoisotopic (exact) mass is 312 g/mol. The van der Waals surface area contributed by atoms with Crippen LogP contribution in [0.25, 0.3) is 0 Å². The van der Waals surface area contributed by atoms with Crippen molar-refractivity contribution in [2.75, 3.05) is 13.2 Å². The summed E-state index contributed by atoms with van der Waals surface area (Å²) in [5, 5.41) is 9.66. The van der Waals surface area contributed by atoms with Gasteiger partial charge in [-0.25, -0.2) is 5.43 Å². The van der Waals surface area contributed by atoms with Crippen molar-refractivity contribution in [3.05, 3.63) is 65.7 Å². The smallest absolute Gasteiger partial charge is 0.124 e. The SMILES string of the molecule is CC1NNC(c2ccccc2OCCc2ccccc2)C1CO. The normalized spacial score (nSPS) is 23.8. The first-order valence-electron chi connectivity index (χ1n) is 8.17. The third-order valence-electron chi connectivity index (χ3n) is 4.49. The van der Waals surface area contributed by atoms with Gasteiger partial charge in [-0.05, 0) is 18.6 Å². The van der Waals surface area contributed by atoms with Gasteiger partial charge < -0.3 is 9.84 Å². The fourth-order valence-corrected chi connectivity index (χ4v) is 3.09. The summed E-state index contributed by atoms with van der Waals surface area (Å²) in [4.78, 5) is 0. The van der Waals surface area contributed by atoms with Crippen LogP contribution >= 0.6 is 0 Å². The summed E-state index contributed by atoms with van der Waals surface area (Å²) < 4.78 is 6.03. The third kappa shape index (κ3) is 3.72. The number of nitrogens with one attached hydrogen (secondary N) is 2. The van der Waals surface area contributed by atoms with Crippen molar-refractivity contribution in [1.29, 1.82) is 0 Å². The van der Waals surface area contributed by atoms with E-state index >= 15 is 0 Å². The van der Waals surface area contributed by atoms with E-state index in [2.05, 4.69) is 36.0 Å². The lowest BCUT2D eigenvalue weighted by atomic mass is 9.90. The number of aliphatic hydroxyl groups is 1. The van der Waals surface area contributed by atoms with E-state index in [1.807, 2.05) is 36.4 Å². The van der Waals surface area contributed by atoms with E-state index in [9.17, 15) is 5.11 Å². The first-order chi connectivity index (χ1) is 11.3. The molecule has 2 aromatic carbocycles. The molecule has 1 aliphatic heterocycles. The Morgan fingerprint density at radius 3 is 2.52 bits per heavy atom. The van der Waals surface area contributed by atoms with Crippen LogP contribution in [-0.2, 0) is 6.42 Å². The zero-order valence-corrected chi connectivity index (χ0v) is 13.4. The molecular formula is C19H24N2O2. The Morgan fingerprint density at radius 1 is 1.00 bits per heavy atom. The van der Waals surface area contributed by atoms with Crippen LogP contribution < -0.4 is 15.6 Å². The van der Waals surface area contributed by atoms with Crippen LogP contribution in [0.3, 0.4) is 0 Å². The molecule has 1 aliphatic rings. The molecule has 3 rings (SSSR count). The van der Waals surface area contributed by atoms with Crippen molar-refractivity contribution in [1.82, 2.24) is 10.9 Å². The fraction of sp³-hybridized carbons (Fsp3) is 0.368. The van der Waals surface area contributed by atoms with E-state index in [1.165, 1.54) is 5.56 Å². The van der Waals surface area contributed by atoms with Gasteiger partial charge in [-0.1, -0.05) is 48.5 Å². The van der Waals surface area contributed by atoms with Gasteiger partial charge in [0.2, 0.25) is 0 Å². The molecule has 1 saturated heterocycles. The summed E-state index contributed by atoms with van der Waals surface area (Å²) in [6.07, 6.45) is 0.880. The molecule has 0 radical (unpaired) electrons. The molecule has 0 spiro atoms. The van der Waals surface area contributed by atoms with Crippen molar-refractivity contribution in [3.63, 3.8) is 0 Å². The van der Waals surface area contributed by atoms with Crippen LogP contribution in [0.2, 0.25) is 0 Å². The first-order valence-corrected chi connectivity index (χ1v) is 8.17. The Hall–Kier alpha value is -1.88. The lowest BCUT2D eigenvalue weighted by Gasteiger charge is -2.21. The number of para-hydroxylation sites is 1. The largest absolute Gasteiger partial charge is 0.493 e. The Morgan fingerprint density at radius 2 is 1.74 bits per heavy atom. The summed E-state index contributed by atoms with van der Waals surface area (Å²) in [6.45, 7) is 2.86. The highest BCUT2D eigenvalue weighted by molar-refractivity contribution is 5.37. The molecule has 0 aromatic heterocycles. The van der Waals surface area contributed by atoms with Gasteiger partial charge in [0.1, 0.15) is 5.75 Å². The van der Waals surface area contributed by atoms with Crippen molar-refractivity contribution in [2.45, 2.75) is 25.4 Å². The minimum absolute atomic E-state index is 0.0583. The minimum Gasteiger partial charge on any atom is -0.493 e. The van der Waals surface area contributed by atoms with E-state index in [0.717, 1.165) is 17.7 Å². The Balaban J connectivity index is 1.68. The maximum Gasteiger partial charge on any atom is 0.124 e. The van der Waals surface area contributed by atoms with E-state index < -0.39 is 0 Å². The van der Waals surface area contributed by atoms with Crippen molar-refractivity contribution in [2.24, 2.45) is 5.92 Å². The maximum absolute atomic E-state index is 9.66. The molecule has 0 bridgehead atoms. The van der Waals surface area contributed by atoms with Gasteiger partial charge in [0.05, 0.1) is 12.6 Å². The minimum atomic E-state index is 0.0583. The zero-order chi connectivity index (χ0) is 16.1. The van der Waals surface area contributed by atoms with E-state index in [0.29, 0.717) is 6.61 Å². The average Bonchev–Trinajstić information content (AvgIpc) is 2.97. The molecule has 3 atom stereocenters. The molecule has 2 aromatic rings. The van der Waals surface area contributed by atoms with Crippen LogP contribution in [0.4, 0.5) is 0 Å². The van der Waals surface area contributed by atoms with Crippen LogP contribution in [0.15, 0.2) is 54.6 Å². The van der Waals surface area contributed by atoms with E-state index in [1.54, 1.807) is 0 Å². The number of hydrogen-bond donors (Lipinski definition) is 3. The number of rotatable bonds is 6. The van der Waals surface area contributed by atoms with Crippen LogP contribution in [0.1, 0.15) is 24.1 Å². The second-order valence-electron chi connectivity index (χ2n) is 6.02. The second kappa shape index (κ2) is 7.59. The standard InChI is InChI=1S/C19H24N2O2/c1-14-17(13-22)19(21-20-14)16-9-5-6-10-18(16)23-12-11-15-7-3-2-4-8-15/h2-10,14,17,19-22H,11-13H2,1H3. The number of hydrogen-bond acceptors (Lipinski definition) is 4. The topological polar surface area (TPSA) is 53.5 Å². The number of benzene rings is 2. The third-order valence-corrected chi connectivity index (χ3v) is 4.49. The molecule has 1 heterocycles. The number of hydrazine groups is 1. The maximum atomic E-state index is 9.66. The van der Waals surface area contributed by atoms with Crippen molar-refractivity contribution in [3.8, 4) is 5.75 Å².